The van der Waals surface area contributed by atoms with E-state index in [1.807, 2.05) is 0 Å². The van der Waals surface area contributed by atoms with Crippen molar-refractivity contribution in [3.8, 4) is 0 Å². The first-order valence-electron chi connectivity index (χ1n) is 7.41. The van der Waals surface area contributed by atoms with E-state index in [1.54, 1.807) is 0 Å². The van der Waals surface area contributed by atoms with E-state index in [4.69, 9.17) is 0 Å². The van der Waals surface area contributed by atoms with Crippen molar-refractivity contribution < 1.29 is 0 Å². The summed E-state index contributed by atoms with van der Waals surface area (Å²) in [5.41, 5.74) is 4.55. The minimum atomic E-state index is 0.116. The highest BCUT2D eigenvalue weighted by Crippen LogP contribution is 2.43. The van der Waals surface area contributed by atoms with Crippen LogP contribution in [-0.2, 0) is 11.8 Å². The highest BCUT2D eigenvalue weighted by Gasteiger charge is 2.38. The van der Waals surface area contributed by atoms with Crippen LogP contribution in [0.1, 0.15) is 30.0 Å². The van der Waals surface area contributed by atoms with Crippen LogP contribution in [0.3, 0.4) is 0 Å². The molecule has 1 aliphatic carbocycles. The Morgan fingerprint density at radius 3 is 2.30 bits per heavy atom. The minimum absolute atomic E-state index is 0.116. The van der Waals surface area contributed by atoms with Crippen molar-refractivity contribution in [2.24, 2.45) is 0 Å². The first-order chi connectivity index (χ1) is 9.61. The Morgan fingerprint density at radius 1 is 0.950 bits per heavy atom. The molecule has 2 aromatic rings. The maximum Gasteiger partial charge on any atom is 0.0192 e. The fraction of sp³-hybridized carbons (Fsp3) is 0.368. The van der Waals surface area contributed by atoms with Crippen molar-refractivity contribution in [2.75, 3.05) is 14.1 Å². The van der Waals surface area contributed by atoms with E-state index in [0.29, 0.717) is 6.04 Å². The van der Waals surface area contributed by atoms with Gasteiger partial charge in [0.1, 0.15) is 0 Å². The molecule has 0 saturated heterocycles. The second-order valence-corrected chi connectivity index (χ2v) is 6.38. The van der Waals surface area contributed by atoms with Crippen LogP contribution in [0.25, 0.3) is 0 Å². The maximum absolute atomic E-state index is 2.40. The summed E-state index contributed by atoms with van der Waals surface area (Å²) in [5.74, 6) is 0. The summed E-state index contributed by atoms with van der Waals surface area (Å²) in [7, 11) is 4.40. The smallest absolute Gasteiger partial charge is 0.0192 e. The summed E-state index contributed by atoms with van der Waals surface area (Å²) in [5, 5.41) is 0. The van der Waals surface area contributed by atoms with Gasteiger partial charge in [-0.1, -0.05) is 61.5 Å². The first kappa shape index (κ1) is 13.4. The van der Waals surface area contributed by atoms with Gasteiger partial charge >= 0.3 is 0 Å². The molecule has 2 atom stereocenters. The molecule has 20 heavy (non-hydrogen) atoms. The molecule has 2 aromatic carbocycles. The topological polar surface area (TPSA) is 3.24 Å². The van der Waals surface area contributed by atoms with Gasteiger partial charge in [0.05, 0.1) is 0 Å². The van der Waals surface area contributed by atoms with Crippen LogP contribution in [0.15, 0.2) is 54.6 Å². The Labute approximate surface area is 122 Å². The maximum atomic E-state index is 2.40. The molecule has 0 saturated carbocycles. The molecule has 3 rings (SSSR count). The lowest BCUT2D eigenvalue weighted by molar-refractivity contribution is 0.229. The summed E-state index contributed by atoms with van der Waals surface area (Å²) in [6.07, 6.45) is 2.34. The molecule has 1 aliphatic rings. The molecule has 1 heteroatoms. The summed E-state index contributed by atoms with van der Waals surface area (Å²) in [6, 6.07) is 20.5. The van der Waals surface area contributed by atoms with Crippen molar-refractivity contribution in [3.05, 3.63) is 71.3 Å². The van der Waals surface area contributed by atoms with Crippen molar-refractivity contribution in [1.82, 2.24) is 4.90 Å². The van der Waals surface area contributed by atoms with Crippen LogP contribution >= 0.6 is 0 Å². The Kier molecular flexibility index (Phi) is 3.39. The van der Waals surface area contributed by atoms with Crippen LogP contribution in [0.2, 0.25) is 0 Å². The van der Waals surface area contributed by atoms with Crippen molar-refractivity contribution in [1.29, 1.82) is 0 Å². The SMILES string of the molecule is CN(C)[C@@H]1Cc2ccccc2[C@@](C)(c2ccccc2)C1. The average molecular weight is 265 g/mol. The van der Waals surface area contributed by atoms with Gasteiger partial charge in [-0.2, -0.15) is 0 Å². The van der Waals surface area contributed by atoms with Gasteiger partial charge in [0.15, 0.2) is 0 Å². The highest BCUT2D eigenvalue weighted by atomic mass is 15.1. The average Bonchev–Trinajstić information content (AvgIpc) is 2.48. The lowest BCUT2D eigenvalue weighted by Crippen LogP contribution is -2.42. The van der Waals surface area contributed by atoms with E-state index in [-0.39, 0.29) is 5.41 Å². The lowest BCUT2D eigenvalue weighted by Gasteiger charge is -2.43. The molecule has 0 heterocycles. The largest absolute Gasteiger partial charge is 0.306 e. The Hall–Kier alpha value is -1.60. The molecule has 0 N–H and O–H groups in total. The molecule has 0 fully saturated rings. The number of benzene rings is 2. The molecule has 0 aromatic heterocycles. The first-order valence-corrected chi connectivity index (χ1v) is 7.41. The third-order valence-corrected chi connectivity index (χ3v) is 4.85. The lowest BCUT2D eigenvalue weighted by atomic mass is 9.65. The van der Waals surface area contributed by atoms with Crippen LogP contribution in [0.4, 0.5) is 0 Å². The van der Waals surface area contributed by atoms with E-state index in [2.05, 4.69) is 80.5 Å². The Balaban J connectivity index is 2.14. The zero-order valence-corrected chi connectivity index (χ0v) is 12.6. The van der Waals surface area contributed by atoms with Gasteiger partial charge in [0.25, 0.3) is 0 Å². The molecule has 104 valence electrons. The van der Waals surface area contributed by atoms with Crippen LogP contribution in [0.5, 0.6) is 0 Å². The van der Waals surface area contributed by atoms with E-state index < -0.39 is 0 Å². The monoisotopic (exact) mass is 265 g/mol. The number of hydrogen-bond donors (Lipinski definition) is 0. The third-order valence-electron chi connectivity index (χ3n) is 4.85. The molecule has 0 spiro atoms. The van der Waals surface area contributed by atoms with Gasteiger partial charge in [-0.05, 0) is 43.6 Å². The van der Waals surface area contributed by atoms with Gasteiger partial charge in [-0.3, -0.25) is 0 Å². The normalized spacial score (nSPS) is 25.5. The van der Waals surface area contributed by atoms with Gasteiger partial charge in [-0.15, -0.1) is 0 Å². The van der Waals surface area contributed by atoms with Gasteiger partial charge in [0.2, 0.25) is 0 Å². The number of fused-ring (bicyclic) bond motifs is 1. The molecule has 0 amide bonds. The molecular weight excluding hydrogens is 242 g/mol. The summed E-state index contributed by atoms with van der Waals surface area (Å²) >= 11 is 0. The summed E-state index contributed by atoms with van der Waals surface area (Å²) < 4.78 is 0. The summed E-state index contributed by atoms with van der Waals surface area (Å²) in [6.45, 7) is 2.40. The van der Waals surface area contributed by atoms with Crippen LogP contribution in [0, 0.1) is 0 Å². The molecule has 0 aliphatic heterocycles. The van der Waals surface area contributed by atoms with Gasteiger partial charge < -0.3 is 4.90 Å². The Bertz CT molecular complexity index is 588. The van der Waals surface area contributed by atoms with E-state index in [0.717, 1.165) is 6.42 Å². The number of nitrogens with zero attached hydrogens (tertiary/aromatic N) is 1. The second kappa shape index (κ2) is 5.06. The second-order valence-electron chi connectivity index (χ2n) is 6.38. The number of hydrogen-bond acceptors (Lipinski definition) is 1. The molecule has 0 bridgehead atoms. The summed E-state index contributed by atoms with van der Waals surface area (Å²) in [4.78, 5) is 2.37. The zero-order valence-electron chi connectivity index (χ0n) is 12.6. The van der Waals surface area contributed by atoms with E-state index in [9.17, 15) is 0 Å². The minimum Gasteiger partial charge on any atom is -0.306 e. The molecular formula is C19H23N. The molecule has 1 nitrogen and oxygen atoms in total. The predicted molar refractivity (Wildman–Crippen MR) is 85.1 cm³/mol. The van der Waals surface area contributed by atoms with E-state index in [1.165, 1.54) is 23.1 Å². The number of rotatable bonds is 2. The van der Waals surface area contributed by atoms with Crippen LogP contribution < -0.4 is 0 Å². The van der Waals surface area contributed by atoms with Gasteiger partial charge in [-0.25, -0.2) is 0 Å². The highest BCUT2D eigenvalue weighted by molar-refractivity contribution is 5.45. The van der Waals surface area contributed by atoms with Crippen molar-refractivity contribution in [3.63, 3.8) is 0 Å². The molecule has 0 unspecified atom stereocenters. The predicted octanol–water partition coefficient (Wildman–Crippen LogP) is 3.87. The van der Waals surface area contributed by atoms with Crippen molar-refractivity contribution in [2.45, 2.75) is 31.2 Å². The fourth-order valence-electron chi connectivity index (χ4n) is 3.59. The van der Waals surface area contributed by atoms with E-state index >= 15 is 0 Å². The standard InChI is InChI=1S/C19H23N/c1-19(16-10-5-4-6-11-16)14-17(20(2)3)13-15-9-7-8-12-18(15)19/h4-12,17H,13-14H2,1-3H3/t17-,19-/m1/s1. The molecule has 0 radical (unpaired) electrons. The van der Waals surface area contributed by atoms with Crippen LogP contribution in [-0.4, -0.2) is 25.0 Å². The quantitative estimate of drug-likeness (QED) is 0.797. The van der Waals surface area contributed by atoms with Gasteiger partial charge in [0, 0.05) is 11.5 Å². The zero-order chi connectivity index (χ0) is 14.2. The number of likely N-dealkylation sites (N-methyl/N-ethyl adjacent to an activating group) is 1. The fourth-order valence-corrected chi connectivity index (χ4v) is 3.59. The van der Waals surface area contributed by atoms with Crippen molar-refractivity contribution >= 4 is 0 Å². The Morgan fingerprint density at radius 2 is 1.60 bits per heavy atom. The third kappa shape index (κ3) is 2.16.